The summed E-state index contributed by atoms with van der Waals surface area (Å²) in [4.78, 5) is 25.3. The molecule has 0 spiro atoms. The minimum absolute atomic E-state index is 0.0216. The summed E-state index contributed by atoms with van der Waals surface area (Å²) in [5, 5.41) is 5.94. The predicted octanol–water partition coefficient (Wildman–Crippen LogP) is 4.91. The average molecular weight is 475 g/mol. The number of rotatable bonds is 10. The quantitative estimate of drug-likeness (QED) is 0.436. The predicted molar refractivity (Wildman–Crippen MR) is 134 cm³/mol. The molecular formula is C28H30N2O5. The lowest BCUT2D eigenvalue weighted by molar-refractivity contribution is -0.118. The van der Waals surface area contributed by atoms with E-state index in [0.29, 0.717) is 34.4 Å². The van der Waals surface area contributed by atoms with Crippen molar-refractivity contribution < 1.29 is 23.8 Å². The van der Waals surface area contributed by atoms with Crippen LogP contribution in [0.1, 0.15) is 40.4 Å². The zero-order chi connectivity index (χ0) is 24.8. The highest BCUT2D eigenvalue weighted by atomic mass is 16.5. The first-order valence-corrected chi connectivity index (χ1v) is 11.6. The minimum atomic E-state index is -0.315. The Labute approximate surface area is 205 Å². The third kappa shape index (κ3) is 6.32. The fourth-order valence-corrected chi connectivity index (χ4v) is 3.84. The molecule has 2 N–H and O–H groups in total. The molecule has 1 atom stereocenters. The van der Waals surface area contributed by atoms with Crippen LogP contribution in [0, 0.1) is 12.8 Å². The lowest BCUT2D eigenvalue weighted by Crippen LogP contribution is -2.30. The number of amides is 2. The average Bonchev–Trinajstić information content (AvgIpc) is 3.72. The lowest BCUT2D eigenvalue weighted by Gasteiger charge is -2.20. The molecule has 1 aliphatic rings. The standard InChI is InChI=1S/C28H30N2O5/c1-18-4-6-19(7-5-18)27(20-8-9-20)30-28(32)21-10-15-24(25(16-21)34-3)35-17-26(31)29-22-11-13-23(33-2)14-12-22/h4-7,10-16,20,27H,8-9,17H2,1-3H3,(H,29,31)(H,30,32). The van der Waals surface area contributed by atoms with Gasteiger partial charge < -0.3 is 24.8 Å². The summed E-state index contributed by atoms with van der Waals surface area (Å²) in [5.41, 5.74) is 3.40. The fourth-order valence-electron chi connectivity index (χ4n) is 3.84. The van der Waals surface area contributed by atoms with Crippen LogP contribution < -0.4 is 24.8 Å². The molecule has 1 aliphatic carbocycles. The van der Waals surface area contributed by atoms with Crippen molar-refractivity contribution in [2.45, 2.75) is 25.8 Å². The van der Waals surface area contributed by atoms with E-state index in [1.54, 1.807) is 49.6 Å². The fraction of sp³-hybridized carbons (Fsp3) is 0.286. The molecule has 7 nitrogen and oxygen atoms in total. The van der Waals surface area contributed by atoms with Crippen LogP contribution in [0.2, 0.25) is 0 Å². The van der Waals surface area contributed by atoms with Crippen molar-refractivity contribution in [1.82, 2.24) is 5.32 Å². The summed E-state index contributed by atoms with van der Waals surface area (Å²) in [6, 6.07) is 20.2. The van der Waals surface area contributed by atoms with Crippen molar-refractivity contribution in [1.29, 1.82) is 0 Å². The first-order valence-electron chi connectivity index (χ1n) is 11.6. The molecule has 3 aromatic carbocycles. The van der Waals surface area contributed by atoms with Gasteiger partial charge in [0.2, 0.25) is 0 Å². The Morgan fingerprint density at radius 3 is 2.26 bits per heavy atom. The summed E-state index contributed by atoms with van der Waals surface area (Å²) >= 11 is 0. The van der Waals surface area contributed by atoms with Gasteiger partial charge in [-0.2, -0.15) is 0 Å². The highest BCUT2D eigenvalue weighted by molar-refractivity contribution is 5.95. The summed E-state index contributed by atoms with van der Waals surface area (Å²) < 4.78 is 16.2. The number of ether oxygens (including phenoxy) is 3. The van der Waals surface area contributed by atoms with Gasteiger partial charge in [-0.25, -0.2) is 0 Å². The van der Waals surface area contributed by atoms with Gasteiger partial charge >= 0.3 is 0 Å². The maximum Gasteiger partial charge on any atom is 0.262 e. The van der Waals surface area contributed by atoms with E-state index in [-0.39, 0.29) is 24.5 Å². The summed E-state index contributed by atoms with van der Waals surface area (Å²) in [7, 11) is 3.08. The molecule has 182 valence electrons. The zero-order valence-electron chi connectivity index (χ0n) is 20.2. The van der Waals surface area contributed by atoms with Gasteiger partial charge in [-0.15, -0.1) is 0 Å². The van der Waals surface area contributed by atoms with Gasteiger partial charge in [-0.3, -0.25) is 9.59 Å². The number of carbonyl (C=O) groups is 2. The van der Waals surface area contributed by atoms with Crippen LogP contribution in [-0.4, -0.2) is 32.6 Å². The Morgan fingerprint density at radius 2 is 1.63 bits per heavy atom. The Balaban J connectivity index is 1.38. The monoisotopic (exact) mass is 474 g/mol. The van der Waals surface area contributed by atoms with Gasteiger partial charge in [0.15, 0.2) is 18.1 Å². The van der Waals surface area contributed by atoms with Crippen molar-refractivity contribution >= 4 is 17.5 Å². The Hall–Kier alpha value is -4.00. The molecule has 35 heavy (non-hydrogen) atoms. The molecule has 0 saturated heterocycles. The van der Waals surface area contributed by atoms with Crippen LogP contribution in [0.5, 0.6) is 17.2 Å². The number of carbonyl (C=O) groups excluding carboxylic acids is 2. The molecule has 1 saturated carbocycles. The summed E-state index contributed by atoms with van der Waals surface area (Å²) in [5.74, 6) is 1.43. The molecule has 0 radical (unpaired) electrons. The van der Waals surface area contributed by atoms with Gasteiger partial charge in [0, 0.05) is 11.3 Å². The zero-order valence-corrected chi connectivity index (χ0v) is 20.2. The first kappa shape index (κ1) is 24.1. The molecule has 0 heterocycles. The molecule has 3 aromatic rings. The highest BCUT2D eigenvalue weighted by Gasteiger charge is 2.33. The van der Waals surface area contributed by atoms with Gasteiger partial charge in [-0.1, -0.05) is 29.8 Å². The minimum Gasteiger partial charge on any atom is -0.497 e. The van der Waals surface area contributed by atoms with Crippen molar-refractivity contribution in [2.75, 3.05) is 26.1 Å². The van der Waals surface area contributed by atoms with E-state index in [1.807, 2.05) is 6.92 Å². The maximum absolute atomic E-state index is 13.0. The molecule has 0 aromatic heterocycles. The Kier molecular flexibility index (Phi) is 7.55. The third-order valence-corrected chi connectivity index (χ3v) is 5.97. The molecule has 0 bridgehead atoms. The summed E-state index contributed by atoms with van der Waals surface area (Å²) in [6.07, 6.45) is 2.21. The van der Waals surface area contributed by atoms with Crippen LogP contribution in [0.4, 0.5) is 5.69 Å². The SMILES string of the molecule is COc1ccc(NC(=O)COc2ccc(C(=O)NC(c3ccc(C)cc3)C3CC3)cc2OC)cc1. The normalized spacial score (nSPS) is 13.5. The molecule has 4 rings (SSSR count). The second kappa shape index (κ2) is 11.0. The van der Waals surface area contributed by atoms with Gasteiger partial charge in [-0.05, 0) is 73.7 Å². The number of hydrogen-bond donors (Lipinski definition) is 2. The van der Waals surface area contributed by atoms with Crippen molar-refractivity contribution in [2.24, 2.45) is 5.92 Å². The van der Waals surface area contributed by atoms with Crippen LogP contribution >= 0.6 is 0 Å². The molecule has 1 unspecified atom stereocenters. The molecule has 2 amide bonds. The number of nitrogens with one attached hydrogen (secondary N) is 2. The molecule has 0 aliphatic heterocycles. The second-order valence-corrected chi connectivity index (χ2v) is 8.63. The smallest absolute Gasteiger partial charge is 0.262 e. The van der Waals surface area contributed by atoms with Crippen LogP contribution in [-0.2, 0) is 4.79 Å². The number of methoxy groups -OCH3 is 2. The Morgan fingerprint density at radius 1 is 0.914 bits per heavy atom. The number of benzene rings is 3. The van der Waals surface area contributed by atoms with E-state index in [2.05, 4.69) is 34.9 Å². The number of hydrogen-bond acceptors (Lipinski definition) is 5. The number of anilines is 1. The van der Waals surface area contributed by atoms with Crippen LogP contribution in [0.25, 0.3) is 0 Å². The van der Waals surface area contributed by atoms with E-state index >= 15 is 0 Å². The summed E-state index contributed by atoms with van der Waals surface area (Å²) in [6.45, 7) is 1.85. The maximum atomic E-state index is 13.0. The largest absolute Gasteiger partial charge is 0.497 e. The van der Waals surface area contributed by atoms with Crippen molar-refractivity contribution in [3.8, 4) is 17.2 Å². The van der Waals surface area contributed by atoms with Gasteiger partial charge in [0.25, 0.3) is 11.8 Å². The third-order valence-electron chi connectivity index (χ3n) is 5.97. The number of aryl methyl sites for hydroxylation is 1. The Bertz CT molecular complexity index is 1170. The van der Waals surface area contributed by atoms with Gasteiger partial charge in [0.1, 0.15) is 5.75 Å². The van der Waals surface area contributed by atoms with E-state index in [1.165, 1.54) is 12.7 Å². The van der Waals surface area contributed by atoms with Crippen molar-refractivity contribution in [3.05, 3.63) is 83.4 Å². The van der Waals surface area contributed by atoms with Crippen molar-refractivity contribution in [3.63, 3.8) is 0 Å². The van der Waals surface area contributed by atoms with Crippen LogP contribution in [0.15, 0.2) is 66.7 Å². The van der Waals surface area contributed by atoms with E-state index in [0.717, 1.165) is 18.4 Å². The van der Waals surface area contributed by atoms with Crippen LogP contribution in [0.3, 0.4) is 0 Å². The second-order valence-electron chi connectivity index (χ2n) is 8.63. The van der Waals surface area contributed by atoms with E-state index in [9.17, 15) is 9.59 Å². The van der Waals surface area contributed by atoms with E-state index < -0.39 is 0 Å². The molecular weight excluding hydrogens is 444 g/mol. The lowest BCUT2D eigenvalue weighted by atomic mass is 10.0. The van der Waals surface area contributed by atoms with Gasteiger partial charge in [0.05, 0.1) is 20.3 Å². The first-order chi connectivity index (χ1) is 17.0. The topological polar surface area (TPSA) is 85.9 Å². The highest BCUT2D eigenvalue weighted by Crippen LogP contribution is 2.41. The van der Waals surface area contributed by atoms with E-state index in [4.69, 9.17) is 14.2 Å². The molecule has 7 heteroatoms. The molecule has 1 fully saturated rings.